The maximum Gasteiger partial charge on any atom is 0.336 e. The van der Waals surface area contributed by atoms with Crippen LogP contribution in [0.15, 0.2) is 10.2 Å². The van der Waals surface area contributed by atoms with Gasteiger partial charge in [-0.25, -0.2) is 9.59 Å². The number of hydrogen-bond donors (Lipinski definition) is 0. The number of carbonyl (C=O) groups excluding carboxylic acids is 2. The molecular weight excluding hydrogens is 272 g/mol. The quantitative estimate of drug-likeness (QED) is 0.699. The number of esters is 2. The summed E-state index contributed by atoms with van der Waals surface area (Å²) in [6, 6.07) is 0. The van der Waals surface area contributed by atoms with E-state index in [9.17, 15) is 9.59 Å². The molecule has 8 atom stereocenters. The van der Waals surface area contributed by atoms with Crippen LogP contribution in [-0.4, -0.2) is 37.2 Å². The second kappa shape index (κ2) is 2.75. The average molecular weight is 288 g/mol. The third-order valence-electron chi connectivity index (χ3n) is 7.50. The van der Waals surface area contributed by atoms with Gasteiger partial charge in [-0.1, -0.05) is 0 Å². The Bertz CT molecular complexity index is 600. The van der Waals surface area contributed by atoms with Gasteiger partial charge in [0.05, 0.1) is 14.2 Å². The van der Waals surface area contributed by atoms with Crippen LogP contribution in [-0.2, 0) is 19.1 Å². The summed E-state index contributed by atoms with van der Waals surface area (Å²) >= 11 is 0. The fourth-order valence-electron chi connectivity index (χ4n) is 6.80. The molecule has 0 aromatic carbocycles. The van der Waals surface area contributed by atoms with Crippen LogP contribution in [0.2, 0.25) is 0 Å². The van der Waals surface area contributed by atoms with Gasteiger partial charge in [0.15, 0.2) is 11.1 Å². The molecule has 2 unspecified atom stereocenters. The lowest BCUT2D eigenvalue weighted by atomic mass is 9.59. The van der Waals surface area contributed by atoms with Crippen molar-refractivity contribution in [3.63, 3.8) is 0 Å². The molecule has 6 aliphatic carbocycles. The van der Waals surface area contributed by atoms with Gasteiger partial charge in [0.2, 0.25) is 0 Å². The molecule has 2 heterocycles. The monoisotopic (exact) mass is 288 g/mol. The lowest BCUT2D eigenvalue weighted by Crippen LogP contribution is -2.65. The van der Waals surface area contributed by atoms with E-state index in [1.165, 1.54) is 14.2 Å². The van der Waals surface area contributed by atoms with Gasteiger partial charge in [0.1, 0.15) is 0 Å². The third kappa shape index (κ3) is 0.802. The molecule has 2 aliphatic heterocycles. The van der Waals surface area contributed by atoms with Crippen LogP contribution in [0.4, 0.5) is 0 Å². The minimum absolute atomic E-state index is 0.126. The van der Waals surface area contributed by atoms with Gasteiger partial charge in [-0.2, -0.15) is 10.2 Å². The Labute approximate surface area is 121 Å². The maximum atomic E-state index is 12.5. The molecule has 6 heteroatoms. The zero-order valence-corrected chi connectivity index (χ0v) is 11.9. The van der Waals surface area contributed by atoms with Gasteiger partial charge in [0, 0.05) is 23.7 Å². The van der Waals surface area contributed by atoms with Crippen molar-refractivity contribution in [2.24, 2.45) is 57.6 Å². The predicted molar refractivity (Wildman–Crippen MR) is 66.9 cm³/mol. The molecular formula is C15H16N2O4. The van der Waals surface area contributed by atoms with Crippen molar-refractivity contribution in [1.82, 2.24) is 0 Å². The molecule has 0 saturated heterocycles. The Kier molecular flexibility index (Phi) is 1.46. The molecule has 0 amide bonds. The molecule has 110 valence electrons. The van der Waals surface area contributed by atoms with E-state index in [2.05, 4.69) is 10.2 Å². The van der Waals surface area contributed by atoms with Gasteiger partial charge in [-0.3, -0.25) is 0 Å². The van der Waals surface area contributed by atoms with Crippen molar-refractivity contribution >= 4 is 11.9 Å². The summed E-state index contributed by atoms with van der Waals surface area (Å²) in [5.74, 6) is 2.67. The van der Waals surface area contributed by atoms with Gasteiger partial charge < -0.3 is 9.47 Å². The molecule has 8 aliphatic rings. The van der Waals surface area contributed by atoms with Crippen LogP contribution in [0.1, 0.15) is 6.42 Å². The van der Waals surface area contributed by atoms with Crippen molar-refractivity contribution < 1.29 is 19.1 Å². The number of azo groups is 1. The molecule has 0 radical (unpaired) electrons. The Morgan fingerprint density at radius 1 is 0.857 bits per heavy atom. The van der Waals surface area contributed by atoms with E-state index in [1.54, 1.807) is 0 Å². The highest BCUT2D eigenvalue weighted by molar-refractivity contribution is 5.90. The van der Waals surface area contributed by atoms with Gasteiger partial charge in [-0.15, -0.1) is 0 Å². The predicted octanol–water partition coefficient (Wildman–Crippen LogP) is 0.663. The highest BCUT2D eigenvalue weighted by Crippen LogP contribution is 2.92. The summed E-state index contributed by atoms with van der Waals surface area (Å²) in [4.78, 5) is 25.1. The lowest BCUT2D eigenvalue weighted by molar-refractivity contribution is -0.167. The topological polar surface area (TPSA) is 77.3 Å². The summed E-state index contributed by atoms with van der Waals surface area (Å²) in [5.41, 5.74) is -1.58. The van der Waals surface area contributed by atoms with Gasteiger partial charge in [0.25, 0.3) is 0 Å². The highest BCUT2D eigenvalue weighted by atomic mass is 16.5. The maximum absolute atomic E-state index is 12.5. The molecule has 0 aromatic rings. The second-order valence-electron chi connectivity index (χ2n) is 7.64. The molecule has 21 heavy (non-hydrogen) atoms. The van der Waals surface area contributed by atoms with Gasteiger partial charge in [-0.05, 0) is 30.1 Å². The summed E-state index contributed by atoms with van der Waals surface area (Å²) in [5, 5.41) is 8.89. The number of ether oxygens (including phenoxy) is 2. The Morgan fingerprint density at radius 3 is 1.67 bits per heavy atom. The summed E-state index contributed by atoms with van der Waals surface area (Å²) in [6.07, 6.45) is 0.846. The first-order valence-electron chi connectivity index (χ1n) is 7.75. The highest BCUT2D eigenvalue weighted by Gasteiger charge is 2.96. The average Bonchev–Trinajstić information content (AvgIpc) is 3.43. The van der Waals surface area contributed by atoms with E-state index in [4.69, 9.17) is 9.47 Å². The molecule has 6 saturated carbocycles. The van der Waals surface area contributed by atoms with E-state index in [-0.39, 0.29) is 35.6 Å². The van der Waals surface area contributed by atoms with Crippen LogP contribution in [0.3, 0.4) is 0 Å². The Hall–Kier alpha value is -1.46. The first-order valence-corrected chi connectivity index (χ1v) is 7.75. The molecule has 0 N–H and O–H groups in total. The fraction of sp³-hybridized carbons (Fsp3) is 0.867. The van der Waals surface area contributed by atoms with Crippen LogP contribution in [0, 0.1) is 47.3 Å². The largest absolute Gasteiger partial charge is 0.467 e. The number of nitrogens with zero attached hydrogens (tertiary/aromatic N) is 2. The third-order valence-corrected chi connectivity index (χ3v) is 7.50. The van der Waals surface area contributed by atoms with Crippen LogP contribution in [0.5, 0.6) is 0 Å². The zero-order chi connectivity index (χ0) is 14.3. The minimum Gasteiger partial charge on any atom is -0.467 e. The van der Waals surface area contributed by atoms with E-state index >= 15 is 0 Å². The number of carbonyl (C=O) groups is 2. The molecule has 6 fully saturated rings. The summed E-state index contributed by atoms with van der Waals surface area (Å²) in [7, 11) is 2.86. The van der Waals surface area contributed by atoms with Crippen molar-refractivity contribution in [2.75, 3.05) is 14.2 Å². The van der Waals surface area contributed by atoms with E-state index < -0.39 is 11.1 Å². The molecule has 8 rings (SSSR count). The molecule has 0 spiro atoms. The molecule has 0 aromatic heterocycles. The summed E-state index contributed by atoms with van der Waals surface area (Å²) in [6.45, 7) is 0. The lowest BCUT2D eigenvalue weighted by Gasteiger charge is -2.50. The second-order valence-corrected chi connectivity index (χ2v) is 7.64. The first kappa shape index (κ1) is 11.2. The number of methoxy groups -OCH3 is 2. The van der Waals surface area contributed by atoms with Gasteiger partial charge >= 0.3 is 11.9 Å². The van der Waals surface area contributed by atoms with Crippen molar-refractivity contribution in [3.8, 4) is 0 Å². The molecule has 6 nitrogen and oxygen atoms in total. The number of rotatable bonds is 2. The first-order chi connectivity index (χ1) is 10.1. The normalized spacial score (nSPS) is 65.0. The van der Waals surface area contributed by atoms with Crippen molar-refractivity contribution in [1.29, 1.82) is 0 Å². The number of hydrogen-bond acceptors (Lipinski definition) is 6. The Balaban J connectivity index is 1.60. The SMILES string of the molecule is COC(=O)[C@]12N=N[C@](C(=O)OC)([C@@H]3C[C@@H]31)[C@H]1C3C4C3C4[C@H]12. The molecule has 4 bridgehead atoms. The van der Waals surface area contributed by atoms with Crippen molar-refractivity contribution in [2.45, 2.75) is 17.5 Å². The van der Waals surface area contributed by atoms with E-state index in [0.717, 1.165) is 6.42 Å². The van der Waals surface area contributed by atoms with E-state index in [0.29, 0.717) is 23.7 Å². The zero-order valence-electron chi connectivity index (χ0n) is 11.9. The van der Waals surface area contributed by atoms with E-state index in [1.807, 2.05) is 0 Å². The minimum atomic E-state index is -0.789. The van der Waals surface area contributed by atoms with Crippen LogP contribution in [0.25, 0.3) is 0 Å². The summed E-state index contributed by atoms with van der Waals surface area (Å²) < 4.78 is 10.2. The smallest absolute Gasteiger partial charge is 0.336 e. The standard InChI is InChI=1S/C15H16N2O4/c1-20-12(18)14-4-3-5(4)15(17-16-14,13(19)21-2)11-9-6-7(9)8(6)10(11)14/h4-11H,3H2,1-2H3/t4-,5+,6?,7?,8?,9?,10+,11-,14-,15+. The Morgan fingerprint density at radius 2 is 1.29 bits per heavy atom. The fourth-order valence-corrected chi connectivity index (χ4v) is 6.80. The van der Waals surface area contributed by atoms with Crippen molar-refractivity contribution in [3.05, 3.63) is 0 Å². The van der Waals surface area contributed by atoms with Crippen LogP contribution < -0.4 is 0 Å². The van der Waals surface area contributed by atoms with Crippen LogP contribution >= 0.6 is 0 Å².